The summed E-state index contributed by atoms with van der Waals surface area (Å²) in [5.74, 6) is 0.546. The first-order valence-corrected chi connectivity index (χ1v) is 6.06. The largest absolute Gasteiger partial charge is 0.253 e. The second-order valence-electron chi connectivity index (χ2n) is 4.37. The Morgan fingerprint density at radius 1 is 1.36 bits per heavy atom. The fraction of sp³-hybridized carbons (Fsp3) is 1.00. The summed E-state index contributed by atoms with van der Waals surface area (Å²) in [4.78, 5) is 0. The molecule has 1 N–H and O–H groups in total. The van der Waals surface area contributed by atoms with Gasteiger partial charge in [-0.15, -0.1) is 0 Å². The maximum absolute atomic E-state index is 10.9. The molecule has 0 saturated heterocycles. The van der Waals surface area contributed by atoms with Crippen molar-refractivity contribution in [2.45, 2.75) is 33.6 Å². The van der Waals surface area contributed by atoms with Gasteiger partial charge in [-0.1, -0.05) is 20.8 Å². The molecule has 2 nitrogen and oxygen atoms in total. The highest BCUT2D eigenvalue weighted by atomic mass is 32.2. The third-order valence-electron chi connectivity index (χ3n) is 1.46. The molecule has 11 heavy (non-hydrogen) atoms. The first-order valence-electron chi connectivity index (χ1n) is 3.92. The molecule has 0 aliphatic carbocycles. The van der Waals surface area contributed by atoms with E-state index in [0.29, 0.717) is 11.2 Å². The van der Waals surface area contributed by atoms with E-state index in [4.69, 9.17) is 4.78 Å². The first-order chi connectivity index (χ1) is 4.71. The average molecular weight is 177 g/mol. The Bertz CT molecular complexity index is 199. The molecule has 1 unspecified atom stereocenters. The zero-order valence-electron chi connectivity index (χ0n) is 7.94. The Hall–Kier alpha value is -0.0500. The van der Waals surface area contributed by atoms with Crippen molar-refractivity contribution < 1.29 is 4.21 Å². The maximum Gasteiger partial charge on any atom is 0.0412 e. The Morgan fingerprint density at radius 3 is 2.09 bits per heavy atom. The normalized spacial score (nSPS) is 17.8. The van der Waals surface area contributed by atoms with E-state index in [9.17, 15) is 4.21 Å². The quantitative estimate of drug-likeness (QED) is 0.707. The molecule has 0 heterocycles. The molecule has 3 heteroatoms. The Kier molecular flexibility index (Phi) is 3.55. The van der Waals surface area contributed by atoms with Gasteiger partial charge in [-0.3, -0.25) is 8.99 Å². The number of hydrogen-bond acceptors (Lipinski definition) is 2. The van der Waals surface area contributed by atoms with Crippen molar-refractivity contribution in [1.29, 1.82) is 4.78 Å². The maximum atomic E-state index is 10.9. The molecule has 68 valence electrons. The Morgan fingerprint density at radius 2 is 1.82 bits per heavy atom. The van der Waals surface area contributed by atoms with E-state index in [2.05, 4.69) is 20.8 Å². The smallest absolute Gasteiger partial charge is 0.0412 e. The highest BCUT2D eigenvalue weighted by molar-refractivity contribution is 7.91. The molecule has 0 aliphatic heterocycles. The third kappa shape index (κ3) is 9.95. The van der Waals surface area contributed by atoms with Crippen LogP contribution in [-0.2, 0) is 9.73 Å². The Balaban J connectivity index is 3.61. The van der Waals surface area contributed by atoms with Crippen LogP contribution in [0.4, 0.5) is 0 Å². The minimum absolute atomic E-state index is 0.310. The molecule has 0 aromatic carbocycles. The van der Waals surface area contributed by atoms with E-state index < -0.39 is 9.73 Å². The van der Waals surface area contributed by atoms with E-state index in [1.165, 1.54) is 6.26 Å². The van der Waals surface area contributed by atoms with Crippen LogP contribution in [0.5, 0.6) is 0 Å². The topological polar surface area (TPSA) is 40.9 Å². The molecule has 0 aromatic heterocycles. The summed E-state index contributed by atoms with van der Waals surface area (Å²) in [7, 11) is -2.25. The van der Waals surface area contributed by atoms with Crippen molar-refractivity contribution in [1.82, 2.24) is 0 Å². The van der Waals surface area contributed by atoms with Crippen molar-refractivity contribution in [2.24, 2.45) is 5.41 Å². The van der Waals surface area contributed by atoms with Gasteiger partial charge in [0.05, 0.1) is 0 Å². The lowest BCUT2D eigenvalue weighted by molar-refractivity contribution is 0.374. The van der Waals surface area contributed by atoms with Crippen LogP contribution in [0.15, 0.2) is 0 Å². The van der Waals surface area contributed by atoms with Gasteiger partial charge in [-0.2, -0.15) is 0 Å². The van der Waals surface area contributed by atoms with Crippen LogP contribution in [0.1, 0.15) is 33.6 Å². The molecule has 0 radical (unpaired) electrons. The SMILES string of the molecule is CC(C)(C)CCCS(C)(=N)=O. The fourth-order valence-electron chi connectivity index (χ4n) is 0.878. The molecule has 0 bridgehead atoms. The monoisotopic (exact) mass is 177 g/mol. The van der Waals surface area contributed by atoms with Crippen LogP contribution < -0.4 is 0 Å². The number of hydrogen-bond donors (Lipinski definition) is 1. The lowest BCUT2D eigenvalue weighted by Gasteiger charge is -2.17. The molecule has 0 rings (SSSR count). The van der Waals surface area contributed by atoms with Crippen molar-refractivity contribution in [3.8, 4) is 0 Å². The second-order valence-corrected chi connectivity index (χ2v) is 6.79. The molecular formula is C8H19NOS. The van der Waals surface area contributed by atoms with Gasteiger partial charge in [0, 0.05) is 21.7 Å². The van der Waals surface area contributed by atoms with Gasteiger partial charge in [0.2, 0.25) is 0 Å². The predicted octanol–water partition coefficient (Wildman–Crippen LogP) is 2.49. The summed E-state index contributed by atoms with van der Waals surface area (Å²) < 4.78 is 18.1. The van der Waals surface area contributed by atoms with Gasteiger partial charge in [0.15, 0.2) is 0 Å². The van der Waals surface area contributed by atoms with Crippen LogP contribution in [-0.4, -0.2) is 16.2 Å². The van der Waals surface area contributed by atoms with E-state index >= 15 is 0 Å². The van der Waals surface area contributed by atoms with Gasteiger partial charge in [-0.05, 0) is 18.3 Å². The summed E-state index contributed by atoms with van der Waals surface area (Å²) in [6, 6.07) is 0. The van der Waals surface area contributed by atoms with Gasteiger partial charge in [0.25, 0.3) is 0 Å². The highest BCUT2D eigenvalue weighted by Gasteiger charge is 2.10. The van der Waals surface area contributed by atoms with Crippen LogP contribution >= 0.6 is 0 Å². The van der Waals surface area contributed by atoms with E-state index in [0.717, 1.165) is 12.8 Å². The second kappa shape index (κ2) is 3.57. The van der Waals surface area contributed by atoms with E-state index in [1.54, 1.807) is 0 Å². The summed E-state index contributed by atoms with van der Waals surface area (Å²) in [6.45, 7) is 6.48. The molecule has 0 spiro atoms. The predicted molar refractivity (Wildman–Crippen MR) is 50.3 cm³/mol. The molecule has 0 fully saturated rings. The summed E-state index contributed by atoms with van der Waals surface area (Å²) in [5.41, 5.74) is 0.310. The van der Waals surface area contributed by atoms with Crippen molar-refractivity contribution >= 4 is 9.73 Å². The van der Waals surface area contributed by atoms with Crippen LogP contribution in [0.25, 0.3) is 0 Å². The summed E-state index contributed by atoms with van der Waals surface area (Å²) in [5, 5.41) is 0. The van der Waals surface area contributed by atoms with Gasteiger partial charge >= 0.3 is 0 Å². The highest BCUT2D eigenvalue weighted by Crippen LogP contribution is 2.20. The molecule has 1 atom stereocenters. The van der Waals surface area contributed by atoms with Gasteiger partial charge in [0.1, 0.15) is 0 Å². The minimum atomic E-state index is -2.25. The van der Waals surface area contributed by atoms with Crippen molar-refractivity contribution in [3.05, 3.63) is 0 Å². The molecule has 0 aromatic rings. The summed E-state index contributed by atoms with van der Waals surface area (Å²) in [6.07, 6.45) is 3.47. The van der Waals surface area contributed by atoms with Crippen molar-refractivity contribution in [3.63, 3.8) is 0 Å². The lowest BCUT2D eigenvalue weighted by atomic mass is 9.91. The third-order valence-corrected chi connectivity index (χ3v) is 2.53. The van der Waals surface area contributed by atoms with Crippen LogP contribution in [0.3, 0.4) is 0 Å². The fourth-order valence-corrected chi connectivity index (χ4v) is 1.57. The van der Waals surface area contributed by atoms with Gasteiger partial charge in [-0.25, -0.2) is 0 Å². The lowest BCUT2D eigenvalue weighted by Crippen LogP contribution is -2.08. The molecule has 0 saturated carbocycles. The van der Waals surface area contributed by atoms with Crippen LogP contribution in [0.2, 0.25) is 0 Å². The van der Waals surface area contributed by atoms with Crippen LogP contribution in [0, 0.1) is 10.2 Å². The standard InChI is InChI=1S/C8H19NOS/c1-8(2,3)6-5-7-11(4,9)10/h9H,5-7H2,1-4H3. The Labute approximate surface area is 70.4 Å². The zero-order valence-corrected chi connectivity index (χ0v) is 8.75. The van der Waals surface area contributed by atoms with Crippen molar-refractivity contribution in [2.75, 3.05) is 12.0 Å². The molecule has 0 aliphatic rings. The number of rotatable bonds is 3. The average Bonchev–Trinajstić information content (AvgIpc) is 1.55. The number of nitrogens with one attached hydrogen (secondary N) is 1. The van der Waals surface area contributed by atoms with E-state index in [1.807, 2.05) is 0 Å². The van der Waals surface area contributed by atoms with E-state index in [-0.39, 0.29) is 0 Å². The minimum Gasteiger partial charge on any atom is -0.253 e. The van der Waals surface area contributed by atoms with Gasteiger partial charge < -0.3 is 0 Å². The first kappa shape index (κ1) is 11.0. The summed E-state index contributed by atoms with van der Waals surface area (Å²) >= 11 is 0. The zero-order chi connectivity index (χ0) is 9.12. The molecular weight excluding hydrogens is 158 g/mol. The molecule has 0 amide bonds.